The van der Waals surface area contributed by atoms with Crippen LogP contribution in [0.25, 0.3) is 11.0 Å². The van der Waals surface area contributed by atoms with Gasteiger partial charge in [-0.15, -0.1) is 0 Å². The van der Waals surface area contributed by atoms with Gasteiger partial charge in [-0.2, -0.15) is 0 Å². The Kier molecular flexibility index (Phi) is 3.39. The lowest BCUT2D eigenvalue weighted by Crippen LogP contribution is -2.22. The first-order valence-corrected chi connectivity index (χ1v) is 6.75. The Morgan fingerprint density at radius 1 is 1.24 bits per heavy atom. The summed E-state index contributed by atoms with van der Waals surface area (Å²) in [5, 5.41) is 2.90. The van der Waals surface area contributed by atoms with Gasteiger partial charge in [0.25, 0.3) is 5.91 Å². The topological polar surface area (TPSA) is 59.8 Å². The average Bonchev–Trinajstić information content (AvgIpc) is 2.80. The largest absolute Gasteiger partial charge is 0.348 e. The second kappa shape index (κ2) is 5.36. The van der Waals surface area contributed by atoms with E-state index in [1.54, 1.807) is 12.4 Å². The lowest BCUT2D eigenvalue weighted by Gasteiger charge is -2.05. The van der Waals surface area contributed by atoms with E-state index in [0.29, 0.717) is 12.1 Å². The van der Waals surface area contributed by atoms with Crippen LogP contribution in [0.2, 0.25) is 0 Å². The van der Waals surface area contributed by atoms with Crippen LogP contribution in [0, 0.1) is 6.92 Å². The number of hydrogen-bond donors (Lipinski definition) is 1. The van der Waals surface area contributed by atoms with Gasteiger partial charge in [0.05, 0.1) is 11.0 Å². The third kappa shape index (κ3) is 2.63. The molecule has 0 aliphatic rings. The molecule has 21 heavy (non-hydrogen) atoms. The molecule has 0 fully saturated rings. The van der Waals surface area contributed by atoms with Crippen molar-refractivity contribution < 1.29 is 4.79 Å². The van der Waals surface area contributed by atoms with Gasteiger partial charge in [-0.1, -0.05) is 0 Å². The molecular formula is C16H16N4O. The molecule has 2 heterocycles. The zero-order valence-corrected chi connectivity index (χ0v) is 12.0. The van der Waals surface area contributed by atoms with E-state index in [4.69, 9.17) is 0 Å². The highest BCUT2D eigenvalue weighted by atomic mass is 16.1. The van der Waals surface area contributed by atoms with Gasteiger partial charge in [-0.05, 0) is 42.8 Å². The summed E-state index contributed by atoms with van der Waals surface area (Å²) in [4.78, 5) is 20.6. The second-order valence-corrected chi connectivity index (χ2v) is 4.96. The number of rotatable bonds is 3. The Balaban J connectivity index is 1.78. The Labute approximate surface area is 122 Å². The molecule has 0 spiro atoms. The highest BCUT2D eigenvalue weighted by Gasteiger charge is 2.09. The van der Waals surface area contributed by atoms with E-state index in [-0.39, 0.29) is 5.91 Å². The van der Waals surface area contributed by atoms with Gasteiger partial charge in [0, 0.05) is 31.5 Å². The Morgan fingerprint density at radius 3 is 2.76 bits per heavy atom. The van der Waals surface area contributed by atoms with E-state index in [9.17, 15) is 4.79 Å². The van der Waals surface area contributed by atoms with Crippen molar-refractivity contribution in [1.29, 1.82) is 0 Å². The molecule has 1 aromatic carbocycles. The molecule has 5 heteroatoms. The van der Waals surface area contributed by atoms with E-state index in [1.165, 1.54) is 0 Å². The number of amides is 1. The molecule has 1 amide bonds. The van der Waals surface area contributed by atoms with Crippen molar-refractivity contribution in [3.63, 3.8) is 0 Å². The molecule has 0 bridgehead atoms. The first-order chi connectivity index (χ1) is 10.1. The number of aromatic nitrogens is 3. The van der Waals surface area contributed by atoms with Gasteiger partial charge in [-0.25, -0.2) is 4.98 Å². The summed E-state index contributed by atoms with van der Waals surface area (Å²) < 4.78 is 2.01. The molecule has 0 unspecified atom stereocenters. The number of hydrogen-bond acceptors (Lipinski definition) is 3. The number of carbonyl (C=O) groups is 1. The number of nitrogens with zero attached hydrogens (tertiary/aromatic N) is 3. The van der Waals surface area contributed by atoms with Crippen molar-refractivity contribution in [3.05, 3.63) is 59.7 Å². The summed E-state index contributed by atoms with van der Waals surface area (Å²) in [6.07, 6.45) is 3.43. The third-order valence-electron chi connectivity index (χ3n) is 3.57. The molecule has 5 nitrogen and oxygen atoms in total. The fraction of sp³-hybridized carbons (Fsp3) is 0.188. The van der Waals surface area contributed by atoms with Crippen LogP contribution in [-0.2, 0) is 13.6 Å². The smallest absolute Gasteiger partial charge is 0.251 e. The van der Waals surface area contributed by atoms with Crippen LogP contribution < -0.4 is 5.32 Å². The molecule has 3 aromatic rings. The summed E-state index contributed by atoms with van der Waals surface area (Å²) >= 11 is 0. The summed E-state index contributed by atoms with van der Waals surface area (Å²) in [6.45, 7) is 2.43. The average molecular weight is 280 g/mol. The number of carbonyl (C=O) groups excluding carboxylic acids is 1. The first-order valence-electron chi connectivity index (χ1n) is 6.75. The van der Waals surface area contributed by atoms with Crippen molar-refractivity contribution in [2.75, 3.05) is 0 Å². The minimum Gasteiger partial charge on any atom is -0.348 e. The van der Waals surface area contributed by atoms with Gasteiger partial charge >= 0.3 is 0 Å². The Hall–Kier alpha value is -2.69. The number of fused-ring (bicyclic) bond motifs is 1. The van der Waals surface area contributed by atoms with Crippen molar-refractivity contribution in [2.24, 2.45) is 7.05 Å². The maximum absolute atomic E-state index is 12.2. The van der Waals surface area contributed by atoms with E-state index < -0.39 is 0 Å². The van der Waals surface area contributed by atoms with Crippen LogP contribution in [0.4, 0.5) is 0 Å². The molecule has 0 saturated heterocycles. The number of nitrogens with one attached hydrogen (secondary N) is 1. The van der Waals surface area contributed by atoms with Crippen molar-refractivity contribution >= 4 is 16.9 Å². The SMILES string of the molecule is Cc1nc2cc(C(=O)NCc3ccncc3)ccc2n1C. The number of aryl methyl sites for hydroxylation is 2. The lowest BCUT2D eigenvalue weighted by atomic mass is 10.2. The zero-order valence-electron chi connectivity index (χ0n) is 12.0. The Morgan fingerprint density at radius 2 is 2.00 bits per heavy atom. The van der Waals surface area contributed by atoms with Crippen molar-refractivity contribution in [3.8, 4) is 0 Å². The van der Waals surface area contributed by atoms with Gasteiger partial charge in [-0.3, -0.25) is 9.78 Å². The quantitative estimate of drug-likeness (QED) is 0.800. The van der Waals surface area contributed by atoms with Crippen molar-refractivity contribution in [2.45, 2.75) is 13.5 Å². The third-order valence-corrected chi connectivity index (χ3v) is 3.57. The molecule has 2 aromatic heterocycles. The van der Waals surface area contributed by atoms with Gasteiger partial charge in [0.1, 0.15) is 5.82 Å². The van der Waals surface area contributed by atoms with E-state index >= 15 is 0 Å². The highest BCUT2D eigenvalue weighted by molar-refractivity contribution is 5.97. The fourth-order valence-corrected chi connectivity index (χ4v) is 2.25. The standard InChI is InChI=1S/C16H16N4O/c1-11-19-14-9-13(3-4-15(14)20(11)2)16(21)18-10-12-5-7-17-8-6-12/h3-9H,10H2,1-2H3,(H,18,21). The molecule has 0 aliphatic carbocycles. The summed E-state index contributed by atoms with van der Waals surface area (Å²) in [6, 6.07) is 9.34. The maximum atomic E-state index is 12.2. The summed E-state index contributed by atoms with van der Waals surface area (Å²) in [5.74, 6) is 0.830. The fourth-order valence-electron chi connectivity index (χ4n) is 2.25. The first kappa shape index (κ1) is 13.3. The van der Waals surface area contributed by atoms with Crippen molar-refractivity contribution in [1.82, 2.24) is 19.9 Å². The maximum Gasteiger partial charge on any atom is 0.251 e. The van der Waals surface area contributed by atoms with Crippen LogP contribution in [0.15, 0.2) is 42.7 Å². The predicted octanol–water partition coefficient (Wildman–Crippen LogP) is 2.21. The monoisotopic (exact) mass is 280 g/mol. The van der Waals surface area contributed by atoms with Crippen LogP contribution in [-0.4, -0.2) is 20.4 Å². The Bertz CT molecular complexity index is 793. The molecule has 0 saturated carbocycles. The number of imidazole rings is 1. The molecule has 1 N–H and O–H groups in total. The lowest BCUT2D eigenvalue weighted by molar-refractivity contribution is 0.0951. The zero-order chi connectivity index (χ0) is 14.8. The molecule has 0 atom stereocenters. The van der Waals surface area contributed by atoms with E-state index in [2.05, 4.69) is 15.3 Å². The normalized spacial score (nSPS) is 10.8. The molecule has 106 valence electrons. The van der Waals surface area contributed by atoms with Crippen LogP contribution in [0.1, 0.15) is 21.7 Å². The molecule has 0 radical (unpaired) electrons. The number of benzene rings is 1. The van der Waals surface area contributed by atoms with Crippen LogP contribution in [0.5, 0.6) is 0 Å². The summed E-state index contributed by atoms with van der Waals surface area (Å²) in [5.41, 5.74) is 3.51. The second-order valence-electron chi connectivity index (χ2n) is 4.96. The molecular weight excluding hydrogens is 264 g/mol. The highest BCUT2D eigenvalue weighted by Crippen LogP contribution is 2.16. The van der Waals surface area contributed by atoms with Gasteiger partial charge in [0.2, 0.25) is 0 Å². The number of pyridine rings is 1. The predicted molar refractivity (Wildman–Crippen MR) is 80.9 cm³/mol. The molecule has 0 aliphatic heterocycles. The van der Waals surface area contributed by atoms with Crippen LogP contribution >= 0.6 is 0 Å². The van der Waals surface area contributed by atoms with E-state index in [1.807, 2.05) is 48.9 Å². The van der Waals surface area contributed by atoms with Gasteiger partial charge < -0.3 is 9.88 Å². The minimum atomic E-state index is -0.1000. The minimum absolute atomic E-state index is 0.1000. The van der Waals surface area contributed by atoms with Gasteiger partial charge in [0.15, 0.2) is 0 Å². The molecule has 3 rings (SSSR count). The van der Waals surface area contributed by atoms with Crippen LogP contribution in [0.3, 0.4) is 0 Å². The van der Waals surface area contributed by atoms with E-state index in [0.717, 1.165) is 22.4 Å². The summed E-state index contributed by atoms with van der Waals surface area (Å²) in [7, 11) is 1.97.